The lowest BCUT2D eigenvalue weighted by Gasteiger charge is -2.27. The maximum absolute atomic E-state index is 11.9. The zero-order chi connectivity index (χ0) is 15.4. The van der Waals surface area contributed by atoms with Gasteiger partial charge in [0.1, 0.15) is 0 Å². The third kappa shape index (κ3) is 3.28. The van der Waals surface area contributed by atoms with Gasteiger partial charge in [-0.2, -0.15) is 0 Å². The average Bonchev–Trinajstić information content (AvgIpc) is 2.99. The molecule has 0 radical (unpaired) electrons. The van der Waals surface area contributed by atoms with Crippen molar-refractivity contribution in [3.05, 3.63) is 27.7 Å². The summed E-state index contributed by atoms with van der Waals surface area (Å²) < 4.78 is 1.73. The second-order valence-corrected chi connectivity index (χ2v) is 5.55. The highest BCUT2D eigenvalue weighted by molar-refractivity contribution is 5.31. The zero-order valence-electron chi connectivity index (χ0n) is 12.5. The van der Waals surface area contributed by atoms with Crippen LogP contribution < -0.4 is 5.43 Å². The predicted molar refractivity (Wildman–Crippen MR) is 79.2 cm³/mol. The van der Waals surface area contributed by atoms with E-state index in [4.69, 9.17) is 0 Å². The summed E-state index contributed by atoms with van der Waals surface area (Å²) in [6, 6.07) is 0.998. The van der Waals surface area contributed by atoms with Crippen LogP contribution in [0.25, 0.3) is 0 Å². The molecule has 0 aromatic carbocycles. The lowest BCUT2D eigenvalue weighted by Crippen LogP contribution is -2.28. The smallest absolute Gasteiger partial charge is 0.223 e. The predicted octanol–water partition coefficient (Wildman–Crippen LogP) is 0.585. The number of aliphatic hydroxyl groups is 2. The first-order valence-corrected chi connectivity index (χ1v) is 7.52. The van der Waals surface area contributed by atoms with Crippen molar-refractivity contribution in [1.29, 1.82) is 0 Å². The molecule has 1 unspecified atom stereocenters. The second kappa shape index (κ2) is 7.06. The maximum atomic E-state index is 11.9. The second-order valence-electron chi connectivity index (χ2n) is 5.55. The summed E-state index contributed by atoms with van der Waals surface area (Å²) >= 11 is 0. The van der Waals surface area contributed by atoms with Crippen molar-refractivity contribution < 1.29 is 15.3 Å². The van der Waals surface area contributed by atoms with Gasteiger partial charge in [-0.25, -0.2) is 0 Å². The van der Waals surface area contributed by atoms with Gasteiger partial charge in [0.15, 0.2) is 5.75 Å². The van der Waals surface area contributed by atoms with Crippen molar-refractivity contribution in [2.45, 2.75) is 45.4 Å². The molecule has 2 rings (SSSR count). The van der Waals surface area contributed by atoms with Crippen LogP contribution in [0.15, 0.2) is 10.9 Å². The van der Waals surface area contributed by atoms with E-state index in [-0.39, 0.29) is 25.0 Å². The Bertz CT molecular complexity index is 531. The Labute approximate surface area is 124 Å². The minimum Gasteiger partial charge on any atom is -0.503 e. The van der Waals surface area contributed by atoms with Crippen molar-refractivity contribution in [3.63, 3.8) is 0 Å². The molecule has 2 heterocycles. The molecule has 1 aliphatic heterocycles. The van der Waals surface area contributed by atoms with Crippen LogP contribution >= 0.6 is 0 Å². The first-order chi connectivity index (χ1) is 10.1. The SMILES string of the molecule is CCC(CO)n1c(CO)cc(=O)c(O)c1CN1CCCC1. The van der Waals surface area contributed by atoms with E-state index in [0.717, 1.165) is 25.9 Å². The Balaban J connectivity index is 2.51. The van der Waals surface area contributed by atoms with E-state index in [1.807, 2.05) is 6.92 Å². The number of pyridine rings is 1. The van der Waals surface area contributed by atoms with E-state index in [9.17, 15) is 20.1 Å². The molecule has 1 saturated heterocycles. The van der Waals surface area contributed by atoms with Gasteiger partial charge in [0.25, 0.3) is 0 Å². The third-order valence-electron chi connectivity index (χ3n) is 4.19. The lowest BCUT2D eigenvalue weighted by atomic mass is 10.1. The number of likely N-dealkylation sites (tertiary alicyclic amines) is 1. The lowest BCUT2D eigenvalue weighted by molar-refractivity contribution is 0.198. The number of aromatic hydroxyl groups is 1. The van der Waals surface area contributed by atoms with E-state index in [1.165, 1.54) is 6.07 Å². The van der Waals surface area contributed by atoms with E-state index < -0.39 is 5.43 Å². The summed E-state index contributed by atoms with van der Waals surface area (Å²) in [6.07, 6.45) is 2.88. The van der Waals surface area contributed by atoms with Gasteiger partial charge in [-0.1, -0.05) is 6.92 Å². The molecule has 21 heavy (non-hydrogen) atoms. The van der Waals surface area contributed by atoms with Gasteiger partial charge in [0.05, 0.1) is 24.9 Å². The molecule has 1 aromatic rings. The van der Waals surface area contributed by atoms with Crippen LogP contribution in [0.2, 0.25) is 0 Å². The minimum absolute atomic E-state index is 0.0984. The number of aromatic nitrogens is 1. The largest absolute Gasteiger partial charge is 0.503 e. The Morgan fingerprint density at radius 1 is 1.29 bits per heavy atom. The van der Waals surface area contributed by atoms with Crippen molar-refractivity contribution in [3.8, 4) is 5.75 Å². The van der Waals surface area contributed by atoms with Gasteiger partial charge in [-0.15, -0.1) is 0 Å². The molecule has 0 saturated carbocycles. The summed E-state index contributed by atoms with van der Waals surface area (Å²) in [5.41, 5.74) is 0.458. The Hall–Kier alpha value is -1.37. The quantitative estimate of drug-likeness (QED) is 0.715. The van der Waals surface area contributed by atoms with Gasteiger partial charge >= 0.3 is 0 Å². The highest BCUT2D eigenvalue weighted by Gasteiger charge is 2.23. The van der Waals surface area contributed by atoms with Crippen LogP contribution in [0.5, 0.6) is 5.75 Å². The Morgan fingerprint density at radius 3 is 2.48 bits per heavy atom. The normalized spacial score (nSPS) is 17.3. The molecule has 6 nitrogen and oxygen atoms in total. The molecule has 1 atom stereocenters. The first-order valence-electron chi connectivity index (χ1n) is 7.52. The van der Waals surface area contributed by atoms with Crippen molar-refractivity contribution in [1.82, 2.24) is 9.47 Å². The number of rotatable bonds is 6. The van der Waals surface area contributed by atoms with Crippen LogP contribution in [0.1, 0.15) is 43.6 Å². The van der Waals surface area contributed by atoms with Crippen LogP contribution in [-0.2, 0) is 13.2 Å². The molecule has 1 aliphatic rings. The molecule has 118 valence electrons. The zero-order valence-corrected chi connectivity index (χ0v) is 12.5. The molecule has 1 aromatic heterocycles. The number of hydrogen-bond donors (Lipinski definition) is 3. The number of aliphatic hydroxyl groups excluding tert-OH is 2. The molecular formula is C15H24N2O4. The fraction of sp³-hybridized carbons (Fsp3) is 0.667. The molecule has 3 N–H and O–H groups in total. The van der Waals surface area contributed by atoms with Gasteiger partial charge in [-0.05, 0) is 32.4 Å². The summed E-state index contributed by atoms with van der Waals surface area (Å²) in [5, 5.41) is 29.3. The summed E-state index contributed by atoms with van der Waals surface area (Å²) in [7, 11) is 0. The van der Waals surface area contributed by atoms with Crippen LogP contribution in [-0.4, -0.2) is 44.5 Å². The molecule has 0 aliphatic carbocycles. The highest BCUT2D eigenvalue weighted by atomic mass is 16.3. The highest BCUT2D eigenvalue weighted by Crippen LogP contribution is 2.25. The Kier molecular flexibility index (Phi) is 5.39. The number of nitrogens with zero attached hydrogens (tertiary/aromatic N) is 2. The van der Waals surface area contributed by atoms with Crippen molar-refractivity contribution in [2.24, 2.45) is 0 Å². The van der Waals surface area contributed by atoms with Crippen molar-refractivity contribution in [2.75, 3.05) is 19.7 Å². The maximum Gasteiger partial charge on any atom is 0.223 e. The van der Waals surface area contributed by atoms with Gasteiger partial charge in [0.2, 0.25) is 5.43 Å². The minimum atomic E-state index is -0.475. The average molecular weight is 296 g/mol. The standard InChI is InChI=1S/C15H24N2O4/c1-2-11(9-18)17-12(10-19)7-14(20)15(21)13(17)8-16-5-3-4-6-16/h7,11,18-19,21H,2-6,8-10H2,1H3. The molecule has 0 amide bonds. The van der Waals surface area contributed by atoms with Gasteiger partial charge in [-0.3, -0.25) is 9.69 Å². The number of hydrogen-bond acceptors (Lipinski definition) is 5. The third-order valence-corrected chi connectivity index (χ3v) is 4.19. The van der Waals surface area contributed by atoms with Crippen LogP contribution in [0, 0.1) is 0 Å². The van der Waals surface area contributed by atoms with E-state index in [2.05, 4.69) is 4.90 Å². The Morgan fingerprint density at radius 2 is 1.95 bits per heavy atom. The molecule has 6 heteroatoms. The van der Waals surface area contributed by atoms with E-state index >= 15 is 0 Å². The van der Waals surface area contributed by atoms with E-state index in [0.29, 0.717) is 24.4 Å². The fourth-order valence-corrected chi connectivity index (χ4v) is 2.99. The molecule has 0 spiro atoms. The van der Waals surface area contributed by atoms with Crippen LogP contribution in [0.3, 0.4) is 0 Å². The monoisotopic (exact) mass is 296 g/mol. The van der Waals surface area contributed by atoms with Crippen molar-refractivity contribution >= 4 is 0 Å². The van der Waals surface area contributed by atoms with Gasteiger partial charge in [0, 0.05) is 18.3 Å². The molecular weight excluding hydrogens is 272 g/mol. The van der Waals surface area contributed by atoms with E-state index in [1.54, 1.807) is 4.57 Å². The molecule has 1 fully saturated rings. The van der Waals surface area contributed by atoms with Gasteiger partial charge < -0.3 is 19.9 Å². The molecule has 0 bridgehead atoms. The van der Waals surface area contributed by atoms with Crippen LogP contribution in [0.4, 0.5) is 0 Å². The first kappa shape index (κ1) is 16.0. The summed E-state index contributed by atoms with van der Waals surface area (Å²) in [6.45, 7) is 3.87. The topological polar surface area (TPSA) is 85.9 Å². The summed E-state index contributed by atoms with van der Waals surface area (Å²) in [5.74, 6) is -0.272. The fourth-order valence-electron chi connectivity index (χ4n) is 2.99. The summed E-state index contributed by atoms with van der Waals surface area (Å²) in [4.78, 5) is 14.1.